The van der Waals surface area contributed by atoms with Crippen LogP contribution in [-0.4, -0.2) is 54.8 Å². The zero-order valence-electron chi connectivity index (χ0n) is 16.3. The van der Waals surface area contributed by atoms with Crippen LogP contribution in [0.25, 0.3) is 0 Å². The molecule has 2 heterocycles. The molecule has 1 aromatic rings. The number of amides is 3. The van der Waals surface area contributed by atoms with Crippen LogP contribution in [0.15, 0.2) is 24.3 Å². The van der Waals surface area contributed by atoms with Gasteiger partial charge in [0, 0.05) is 25.4 Å². The lowest BCUT2D eigenvalue weighted by Crippen LogP contribution is -2.47. The Morgan fingerprint density at radius 1 is 1.18 bits per heavy atom. The first-order chi connectivity index (χ1) is 13.1. The monoisotopic (exact) mass is 408 g/mol. The SMILES string of the molecule is CCCN(C(=O)CCC(=O)N1CC(=O)Nc2ccccc21)C1CCNCC1.Cl. The second-order valence-electron chi connectivity index (χ2n) is 7.11. The van der Waals surface area contributed by atoms with Crippen molar-refractivity contribution < 1.29 is 14.4 Å². The van der Waals surface area contributed by atoms with Crippen LogP contribution in [0.1, 0.15) is 39.0 Å². The molecule has 0 saturated carbocycles. The van der Waals surface area contributed by atoms with Crippen molar-refractivity contribution in [1.82, 2.24) is 10.2 Å². The molecule has 2 aliphatic heterocycles. The first kappa shape index (κ1) is 22.2. The lowest BCUT2D eigenvalue weighted by molar-refractivity contribution is -0.135. The highest BCUT2D eigenvalue weighted by Gasteiger charge is 2.29. The molecule has 0 aromatic heterocycles. The summed E-state index contributed by atoms with van der Waals surface area (Å²) in [6, 6.07) is 7.50. The topological polar surface area (TPSA) is 81.8 Å². The number of piperidine rings is 1. The zero-order valence-corrected chi connectivity index (χ0v) is 17.1. The Hall–Kier alpha value is -2.12. The van der Waals surface area contributed by atoms with E-state index in [-0.39, 0.29) is 55.6 Å². The molecule has 3 amide bonds. The summed E-state index contributed by atoms with van der Waals surface area (Å²) in [6.07, 6.45) is 3.12. The molecule has 1 aromatic carbocycles. The van der Waals surface area contributed by atoms with Gasteiger partial charge in [-0.15, -0.1) is 12.4 Å². The highest BCUT2D eigenvalue weighted by Crippen LogP contribution is 2.29. The number of nitrogens with one attached hydrogen (secondary N) is 2. The van der Waals surface area contributed by atoms with Gasteiger partial charge in [-0.05, 0) is 44.5 Å². The number of carbonyl (C=O) groups excluding carboxylic acids is 3. The van der Waals surface area contributed by atoms with Gasteiger partial charge in [0.25, 0.3) is 0 Å². The third-order valence-electron chi connectivity index (χ3n) is 5.16. The van der Waals surface area contributed by atoms with Gasteiger partial charge in [-0.2, -0.15) is 0 Å². The van der Waals surface area contributed by atoms with Crippen molar-refractivity contribution in [3.05, 3.63) is 24.3 Å². The summed E-state index contributed by atoms with van der Waals surface area (Å²) >= 11 is 0. The van der Waals surface area contributed by atoms with E-state index < -0.39 is 0 Å². The van der Waals surface area contributed by atoms with Crippen LogP contribution in [0.5, 0.6) is 0 Å². The Balaban J connectivity index is 0.00000280. The van der Waals surface area contributed by atoms with Crippen molar-refractivity contribution in [2.75, 3.05) is 36.4 Å². The smallest absolute Gasteiger partial charge is 0.244 e. The quantitative estimate of drug-likeness (QED) is 0.755. The van der Waals surface area contributed by atoms with Crippen LogP contribution in [0, 0.1) is 0 Å². The predicted molar refractivity (Wildman–Crippen MR) is 112 cm³/mol. The first-order valence-electron chi connectivity index (χ1n) is 9.79. The van der Waals surface area contributed by atoms with Crippen molar-refractivity contribution >= 4 is 41.5 Å². The highest BCUT2D eigenvalue weighted by atomic mass is 35.5. The van der Waals surface area contributed by atoms with Crippen molar-refractivity contribution in [2.45, 2.75) is 45.1 Å². The number of anilines is 2. The van der Waals surface area contributed by atoms with Gasteiger partial charge in [0.1, 0.15) is 6.54 Å². The number of halogens is 1. The second kappa shape index (κ2) is 10.4. The molecule has 7 nitrogen and oxygen atoms in total. The number of benzene rings is 1. The van der Waals surface area contributed by atoms with E-state index in [9.17, 15) is 14.4 Å². The summed E-state index contributed by atoms with van der Waals surface area (Å²) in [7, 11) is 0. The van der Waals surface area contributed by atoms with Gasteiger partial charge in [0.05, 0.1) is 11.4 Å². The largest absolute Gasteiger partial charge is 0.340 e. The molecule has 0 unspecified atom stereocenters. The van der Waals surface area contributed by atoms with E-state index in [0.717, 1.165) is 38.9 Å². The summed E-state index contributed by atoms with van der Waals surface area (Å²) in [5.41, 5.74) is 1.33. The van der Waals surface area contributed by atoms with Crippen molar-refractivity contribution in [1.29, 1.82) is 0 Å². The van der Waals surface area contributed by atoms with E-state index in [1.54, 1.807) is 6.07 Å². The number of rotatable bonds is 6. The van der Waals surface area contributed by atoms with Crippen molar-refractivity contribution in [3.8, 4) is 0 Å². The number of fused-ring (bicyclic) bond motifs is 1. The molecule has 2 N–H and O–H groups in total. The summed E-state index contributed by atoms with van der Waals surface area (Å²) in [6.45, 7) is 4.65. The molecule has 0 radical (unpaired) electrons. The van der Waals surface area contributed by atoms with Gasteiger partial charge >= 0.3 is 0 Å². The average molecular weight is 409 g/mol. The molecule has 8 heteroatoms. The number of hydrogen-bond donors (Lipinski definition) is 2. The summed E-state index contributed by atoms with van der Waals surface area (Å²) in [4.78, 5) is 40.8. The molecular formula is C20H29ClN4O3. The molecule has 0 bridgehead atoms. The van der Waals surface area contributed by atoms with E-state index in [4.69, 9.17) is 0 Å². The van der Waals surface area contributed by atoms with E-state index in [1.807, 2.05) is 23.1 Å². The minimum atomic E-state index is -0.212. The van der Waals surface area contributed by atoms with Crippen molar-refractivity contribution in [3.63, 3.8) is 0 Å². The minimum Gasteiger partial charge on any atom is -0.340 e. The highest BCUT2D eigenvalue weighted by molar-refractivity contribution is 6.10. The normalized spacial score (nSPS) is 16.6. The molecule has 3 rings (SSSR count). The lowest BCUT2D eigenvalue weighted by atomic mass is 10.0. The number of hydrogen-bond acceptors (Lipinski definition) is 4. The van der Waals surface area contributed by atoms with Gasteiger partial charge in [-0.25, -0.2) is 0 Å². The maximum Gasteiger partial charge on any atom is 0.244 e. The van der Waals surface area contributed by atoms with Gasteiger partial charge in [-0.1, -0.05) is 19.1 Å². The Labute approximate surface area is 172 Å². The molecule has 1 saturated heterocycles. The van der Waals surface area contributed by atoms with Gasteiger partial charge in [-0.3, -0.25) is 14.4 Å². The molecular weight excluding hydrogens is 380 g/mol. The van der Waals surface area contributed by atoms with E-state index >= 15 is 0 Å². The zero-order chi connectivity index (χ0) is 19.2. The van der Waals surface area contributed by atoms with Crippen LogP contribution in [0.4, 0.5) is 11.4 Å². The van der Waals surface area contributed by atoms with Crippen molar-refractivity contribution in [2.24, 2.45) is 0 Å². The molecule has 0 spiro atoms. The van der Waals surface area contributed by atoms with E-state index in [1.165, 1.54) is 4.90 Å². The standard InChI is InChI=1S/C20H28N4O3.ClH/c1-2-13-23(15-9-11-21-12-10-15)19(26)7-8-20(27)24-14-18(25)22-16-5-3-4-6-17(16)24;/h3-6,15,21H,2,7-14H2,1H3,(H,22,25);1H. The average Bonchev–Trinajstić information content (AvgIpc) is 2.70. The van der Waals surface area contributed by atoms with Gasteiger partial charge in [0.2, 0.25) is 17.7 Å². The Bertz CT molecular complexity index is 706. The Morgan fingerprint density at radius 2 is 1.89 bits per heavy atom. The minimum absolute atomic E-state index is 0. The molecule has 2 aliphatic rings. The second-order valence-corrected chi connectivity index (χ2v) is 7.11. The summed E-state index contributed by atoms with van der Waals surface area (Å²) in [5, 5.41) is 6.09. The van der Waals surface area contributed by atoms with Gasteiger partial charge < -0.3 is 20.4 Å². The molecule has 1 fully saturated rings. The lowest BCUT2D eigenvalue weighted by Gasteiger charge is -2.35. The van der Waals surface area contributed by atoms with Gasteiger partial charge in [0.15, 0.2) is 0 Å². The fourth-order valence-electron chi connectivity index (χ4n) is 3.82. The number of nitrogens with zero attached hydrogens (tertiary/aromatic N) is 2. The third-order valence-corrected chi connectivity index (χ3v) is 5.16. The van der Waals surface area contributed by atoms with Crippen LogP contribution in [-0.2, 0) is 14.4 Å². The van der Waals surface area contributed by atoms with E-state index in [2.05, 4.69) is 17.6 Å². The molecule has 0 aliphatic carbocycles. The number of carbonyl (C=O) groups is 3. The molecule has 154 valence electrons. The Kier molecular flexibility index (Phi) is 8.26. The van der Waals surface area contributed by atoms with Crippen LogP contribution >= 0.6 is 12.4 Å². The number of para-hydroxylation sites is 2. The van der Waals surface area contributed by atoms with Crippen LogP contribution < -0.4 is 15.5 Å². The van der Waals surface area contributed by atoms with Crippen LogP contribution in [0.2, 0.25) is 0 Å². The van der Waals surface area contributed by atoms with E-state index in [0.29, 0.717) is 11.4 Å². The van der Waals surface area contributed by atoms with Crippen LogP contribution in [0.3, 0.4) is 0 Å². The predicted octanol–water partition coefficient (Wildman–Crippen LogP) is 2.16. The molecule has 28 heavy (non-hydrogen) atoms. The molecule has 0 atom stereocenters. The first-order valence-corrected chi connectivity index (χ1v) is 9.79. The Morgan fingerprint density at radius 3 is 2.61 bits per heavy atom. The third kappa shape index (κ3) is 5.23. The fourth-order valence-corrected chi connectivity index (χ4v) is 3.82. The summed E-state index contributed by atoms with van der Waals surface area (Å²) in [5.74, 6) is -0.366. The fraction of sp³-hybridized carbons (Fsp3) is 0.550. The maximum absolute atomic E-state index is 12.8. The maximum atomic E-state index is 12.8. The summed E-state index contributed by atoms with van der Waals surface area (Å²) < 4.78 is 0.